The van der Waals surface area contributed by atoms with Gasteiger partial charge in [0, 0.05) is 25.4 Å². The molecule has 1 saturated heterocycles. The lowest BCUT2D eigenvalue weighted by molar-refractivity contribution is 0.0621. The van der Waals surface area contributed by atoms with Crippen LogP contribution in [-0.4, -0.2) is 35.6 Å². The Kier molecular flexibility index (Phi) is 3.87. The van der Waals surface area contributed by atoms with E-state index in [1.54, 1.807) is 6.07 Å². The number of carbonyl (C=O) groups excluding carboxylic acids is 1. The lowest BCUT2D eigenvalue weighted by Crippen LogP contribution is -2.41. The fourth-order valence-electron chi connectivity index (χ4n) is 2.54. The van der Waals surface area contributed by atoms with Crippen LogP contribution in [0.25, 0.3) is 0 Å². The van der Waals surface area contributed by atoms with E-state index in [-0.39, 0.29) is 18.4 Å². The highest BCUT2D eigenvalue weighted by atomic mass is 16.3. The quantitative estimate of drug-likeness (QED) is 0.778. The van der Waals surface area contributed by atoms with E-state index in [1.807, 2.05) is 24.0 Å². The smallest absolute Gasteiger partial charge is 0.256 e. The van der Waals surface area contributed by atoms with Crippen LogP contribution in [-0.2, 0) is 0 Å². The number of nitrogen functional groups attached to an aromatic ring is 1. The lowest BCUT2D eigenvalue weighted by Gasteiger charge is -2.32. The first-order chi connectivity index (χ1) is 8.63. The summed E-state index contributed by atoms with van der Waals surface area (Å²) in [4.78, 5) is 14.3. The molecule has 0 aromatic heterocycles. The topological polar surface area (TPSA) is 66.6 Å². The number of hydrogen-bond acceptors (Lipinski definition) is 3. The van der Waals surface area contributed by atoms with Gasteiger partial charge in [-0.25, -0.2) is 0 Å². The van der Waals surface area contributed by atoms with Crippen LogP contribution in [0.3, 0.4) is 0 Å². The van der Waals surface area contributed by atoms with E-state index in [9.17, 15) is 9.90 Å². The third-order valence-electron chi connectivity index (χ3n) is 3.58. The van der Waals surface area contributed by atoms with Gasteiger partial charge in [0.15, 0.2) is 0 Å². The number of likely N-dealkylation sites (tertiary alicyclic amines) is 1. The average Bonchev–Trinajstić information content (AvgIpc) is 2.38. The second kappa shape index (κ2) is 5.40. The van der Waals surface area contributed by atoms with Crippen molar-refractivity contribution in [1.29, 1.82) is 0 Å². The molecule has 4 nitrogen and oxygen atoms in total. The second-order valence-electron chi connectivity index (χ2n) is 4.98. The molecule has 4 heteroatoms. The highest BCUT2D eigenvalue weighted by molar-refractivity contribution is 6.00. The van der Waals surface area contributed by atoms with Crippen LogP contribution in [0.15, 0.2) is 18.2 Å². The highest BCUT2D eigenvalue weighted by Crippen LogP contribution is 2.22. The Bertz CT molecular complexity index is 425. The molecule has 0 radical (unpaired) electrons. The summed E-state index contributed by atoms with van der Waals surface area (Å²) < 4.78 is 0. The Morgan fingerprint density at radius 1 is 1.56 bits per heavy atom. The number of aliphatic hydroxyl groups excluding tert-OH is 1. The summed E-state index contributed by atoms with van der Waals surface area (Å²) in [6.07, 6.45) is 1.94. The number of benzene rings is 1. The third kappa shape index (κ3) is 2.48. The van der Waals surface area contributed by atoms with Gasteiger partial charge in [-0.05, 0) is 37.3 Å². The van der Waals surface area contributed by atoms with E-state index < -0.39 is 0 Å². The first-order valence-electron chi connectivity index (χ1n) is 6.38. The number of piperidine rings is 1. The molecule has 1 aromatic rings. The molecule has 0 aliphatic carbocycles. The molecule has 2 rings (SSSR count). The summed E-state index contributed by atoms with van der Waals surface area (Å²) in [5.74, 6) is 0.191. The molecular formula is C14H20N2O2. The van der Waals surface area contributed by atoms with E-state index in [2.05, 4.69) is 0 Å². The van der Waals surface area contributed by atoms with Crippen LogP contribution in [0.4, 0.5) is 5.69 Å². The van der Waals surface area contributed by atoms with Crippen LogP contribution in [0.5, 0.6) is 0 Å². The van der Waals surface area contributed by atoms with Crippen LogP contribution in [0, 0.1) is 12.8 Å². The number of amides is 1. The van der Waals surface area contributed by atoms with E-state index in [4.69, 9.17) is 5.73 Å². The first kappa shape index (κ1) is 12.9. The fraction of sp³-hybridized carbons (Fsp3) is 0.500. The number of rotatable bonds is 2. The molecule has 3 N–H and O–H groups in total. The van der Waals surface area contributed by atoms with Crippen molar-refractivity contribution < 1.29 is 9.90 Å². The normalized spacial score (nSPS) is 19.9. The SMILES string of the molecule is Cc1cccc(N)c1C(=O)N1CCCC(CO)C1. The molecule has 1 heterocycles. The first-order valence-corrected chi connectivity index (χ1v) is 6.38. The van der Waals surface area contributed by atoms with Gasteiger partial charge in [-0.2, -0.15) is 0 Å². The Hall–Kier alpha value is -1.55. The van der Waals surface area contributed by atoms with Gasteiger partial charge in [0.25, 0.3) is 5.91 Å². The number of hydrogen-bond donors (Lipinski definition) is 2. The van der Waals surface area contributed by atoms with E-state index in [0.29, 0.717) is 17.8 Å². The maximum absolute atomic E-state index is 12.5. The predicted octanol–water partition coefficient (Wildman–Crippen LogP) is 1.42. The predicted molar refractivity (Wildman–Crippen MR) is 71.3 cm³/mol. The van der Waals surface area contributed by atoms with Crippen molar-refractivity contribution in [3.8, 4) is 0 Å². The van der Waals surface area contributed by atoms with Crippen molar-refractivity contribution in [3.63, 3.8) is 0 Å². The van der Waals surface area contributed by atoms with Gasteiger partial charge in [0.2, 0.25) is 0 Å². The highest BCUT2D eigenvalue weighted by Gasteiger charge is 2.25. The summed E-state index contributed by atoms with van der Waals surface area (Å²) in [6, 6.07) is 5.51. The standard InChI is InChI=1S/C14H20N2O2/c1-10-4-2-6-12(15)13(10)14(18)16-7-3-5-11(8-16)9-17/h2,4,6,11,17H,3,5,7-9,15H2,1H3. The van der Waals surface area contributed by atoms with Crippen molar-refractivity contribution >= 4 is 11.6 Å². The number of carbonyl (C=O) groups is 1. The maximum Gasteiger partial charge on any atom is 0.256 e. The molecule has 0 bridgehead atoms. The molecule has 0 saturated carbocycles. The molecule has 18 heavy (non-hydrogen) atoms. The third-order valence-corrected chi connectivity index (χ3v) is 3.58. The van der Waals surface area contributed by atoms with Gasteiger partial charge in [0.05, 0.1) is 5.56 Å². The Morgan fingerprint density at radius 2 is 2.33 bits per heavy atom. The van der Waals surface area contributed by atoms with Gasteiger partial charge >= 0.3 is 0 Å². The molecule has 98 valence electrons. The van der Waals surface area contributed by atoms with E-state index >= 15 is 0 Å². The molecule has 0 spiro atoms. The molecule has 1 unspecified atom stereocenters. The lowest BCUT2D eigenvalue weighted by atomic mass is 9.97. The maximum atomic E-state index is 12.5. The number of anilines is 1. The zero-order valence-corrected chi connectivity index (χ0v) is 10.7. The molecule has 1 aliphatic rings. The molecule has 1 atom stereocenters. The zero-order valence-electron chi connectivity index (χ0n) is 10.7. The zero-order chi connectivity index (χ0) is 13.1. The van der Waals surface area contributed by atoms with Crippen molar-refractivity contribution in [2.75, 3.05) is 25.4 Å². The van der Waals surface area contributed by atoms with Gasteiger partial charge in [0.1, 0.15) is 0 Å². The fourth-order valence-corrected chi connectivity index (χ4v) is 2.54. The van der Waals surface area contributed by atoms with Crippen molar-refractivity contribution in [2.24, 2.45) is 5.92 Å². The summed E-state index contributed by atoms with van der Waals surface area (Å²) in [5, 5.41) is 9.21. The molecule has 1 fully saturated rings. The van der Waals surface area contributed by atoms with Crippen LogP contribution in [0.1, 0.15) is 28.8 Å². The summed E-state index contributed by atoms with van der Waals surface area (Å²) in [6.45, 7) is 3.43. The minimum absolute atomic E-state index is 0.0104. The van der Waals surface area contributed by atoms with Crippen LogP contribution in [0.2, 0.25) is 0 Å². The summed E-state index contributed by atoms with van der Waals surface area (Å²) in [7, 11) is 0. The molecule has 1 aromatic carbocycles. The van der Waals surface area contributed by atoms with Crippen molar-refractivity contribution in [1.82, 2.24) is 4.90 Å². The van der Waals surface area contributed by atoms with Gasteiger partial charge in [-0.15, -0.1) is 0 Å². The van der Waals surface area contributed by atoms with Gasteiger partial charge in [-0.3, -0.25) is 4.79 Å². The van der Waals surface area contributed by atoms with Crippen LogP contribution >= 0.6 is 0 Å². The molecule has 1 aliphatic heterocycles. The summed E-state index contributed by atoms with van der Waals surface area (Å²) >= 11 is 0. The van der Waals surface area contributed by atoms with Gasteiger partial charge in [-0.1, -0.05) is 12.1 Å². The number of nitrogens with two attached hydrogens (primary N) is 1. The average molecular weight is 248 g/mol. The Balaban J connectivity index is 2.20. The van der Waals surface area contributed by atoms with Crippen LogP contribution < -0.4 is 5.73 Å². The minimum Gasteiger partial charge on any atom is -0.398 e. The number of aliphatic hydroxyl groups is 1. The number of aryl methyl sites for hydroxylation is 1. The van der Waals surface area contributed by atoms with E-state index in [0.717, 1.165) is 24.9 Å². The largest absolute Gasteiger partial charge is 0.398 e. The molecule has 1 amide bonds. The van der Waals surface area contributed by atoms with Crippen molar-refractivity contribution in [2.45, 2.75) is 19.8 Å². The van der Waals surface area contributed by atoms with Crippen molar-refractivity contribution in [3.05, 3.63) is 29.3 Å². The summed E-state index contributed by atoms with van der Waals surface area (Å²) in [5.41, 5.74) is 7.95. The molecular weight excluding hydrogens is 228 g/mol. The second-order valence-corrected chi connectivity index (χ2v) is 4.98. The Labute approximate surface area is 107 Å². The van der Waals surface area contributed by atoms with E-state index in [1.165, 1.54) is 0 Å². The number of nitrogens with zero attached hydrogens (tertiary/aromatic N) is 1. The Morgan fingerprint density at radius 3 is 3.00 bits per heavy atom. The minimum atomic E-state index is -0.0104. The monoisotopic (exact) mass is 248 g/mol. The van der Waals surface area contributed by atoms with Gasteiger partial charge < -0.3 is 15.7 Å².